The molecule has 2 unspecified atom stereocenters. The van der Waals surface area contributed by atoms with E-state index in [1.165, 1.54) is 13.1 Å². The van der Waals surface area contributed by atoms with Crippen molar-refractivity contribution in [2.45, 2.75) is 39.8 Å². The van der Waals surface area contributed by atoms with Gasteiger partial charge in [-0.05, 0) is 19.4 Å². The number of nitrogens with zero attached hydrogens (tertiary/aromatic N) is 4. The highest BCUT2D eigenvalue weighted by molar-refractivity contribution is 5.79. The van der Waals surface area contributed by atoms with Crippen LogP contribution in [0.25, 0.3) is 0 Å². The largest absolute Gasteiger partial charge is 0.374 e. The van der Waals surface area contributed by atoms with Crippen molar-refractivity contribution in [3.8, 4) is 0 Å². The molecular weight excluding hydrogens is 340 g/mol. The third-order valence-electron chi connectivity index (χ3n) is 5.61. The highest BCUT2D eigenvalue weighted by Crippen LogP contribution is 2.08. The molecule has 2 heterocycles. The molecule has 2 aliphatic rings. The van der Waals surface area contributed by atoms with Gasteiger partial charge in [0, 0.05) is 72.0 Å². The van der Waals surface area contributed by atoms with E-state index in [1.807, 2.05) is 7.05 Å². The van der Waals surface area contributed by atoms with Gasteiger partial charge < -0.3 is 20.3 Å². The Kier molecular flexibility index (Phi) is 9.82. The molecule has 158 valence electrons. The molecule has 0 aromatic rings. The molecule has 0 saturated carbocycles. The van der Waals surface area contributed by atoms with E-state index in [0.717, 1.165) is 64.9 Å². The Morgan fingerprint density at radius 3 is 2.44 bits per heavy atom. The van der Waals surface area contributed by atoms with Gasteiger partial charge in [-0.25, -0.2) is 0 Å². The lowest BCUT2D eigenvalue weighted by Gasteiger charge is -2.38. The van der Waals surface area contributed by atoms with Crippen LogP contribution in [-0.2, 0) is 4.74 Å². The van der Waals surface area contributed by atoms with Gasteiger partial charge in [0.1, 0.15) is 0 Å². The number of morpholine rings is 1. The first kappa shape index (κ1) is 22.4. The summed E-state index contributed by atoms with van der Waals surface area (Å²) in [5.74, 6) is 1.57. The fraction of sp³-hybridized carbons (Fsp3) is 0.950. The van der Waals surface area contributed by atoms with Gasteiger partial charge in [-0.2, -0.15) is 0 Å². The summed E-state index contributed by atoms with van der Waals surface area (Å²) in [4.78, 5) is 12.0. The maximum absolute atomic E-state index is 5.93. The number of guanidine groups is 1. The third-order valence-corrected chi connectivity index (χ3v) is 5.61. The van der Waals surface area contributed by atoms with Crippen LogP contribution in [0.4, 0.5) is 0 Å². The lowest BCUT2D eigenvalue weighted by atomic mass is 10.2. The van der Waals surface area contributed by atoms with Crippen molar-refractivity contribution < 1.29 is 4.74 Å². The second kappa shape index (κ2) is 11.8. The fourth-order valence-corrected chi connectivity index (χ4v) is 3.91. The fourth-order valence-electron chi connectivity index (χ4n) is 3.91. The van der Waals surface area contributed by atoms with Crippen molar-refractivity contribution in [2.75, 3.05) is 79.1 Å². The topological polar surface area (TPSA) is 55.4 Å². The third kappa shape index (κ3) is 7.94. The first-order chi connectivity index (χ1) is 13.0. The summed E-state index contributed by atoms with van der Waals surface area (Å²) in [5, 5.41) is 6.94. The van der Waals surface area contributed by atoms with Gasteiger partial charge in [-0.1, -0.05) is 20.8 Å². The second-order valence-electron chi connectivity index (χ2n) is 8.30. The Labute approximate surface area is 166 Å². The van der Waals surface area contributed by atoms with E-state index in [9.17, 15) is 0 Å². The normalized spacial score (nSPS) is 25.0. The Hall–Kier alpha value is -0.890. The molecule has 2 atom stereocenters. The average molecular weight is 383 g/mol. The van der Waals surface area contributed by atoms with E-state index in [4.69, 9.17) is 4.74 Å². The van der Waals surface area contributed by atoms with Gasteiger partial charge >= 0.3 is 0 Å². The molecule has 0 radical (unpaired) electrons. The molecular formula is C20H42N6O. The van der Waals surface area contributed by atoms with E-state index in [0.29, 0.717) is 12.0 Å². The molecule has 0 aromatic heterocycles. The zero-order valence-corrected chi connectivity index (χ0v) is 18.2. The number of nitrogens with one attached hydrogen (secondary N) is 2. The first-order valence-electron chi connectivity index (χ1n) is 10.8. The van der Waals surface area contributed by atoms with Crippen LogP contribution in [-0.4, -0.2) is 112 Å². The molecule has 0 bridgehead atoms. The summed E-state index contributed by atoms with van der Waals surface area (Å²) in [6.07, 6.45) is 0.232. The summed E-state index contributed by atoms with van der Waals surface area (Å²) >= 11 is 0. The molecule has 0 amide bonds. The predicted octanol–water partition coefficient (Wildman–Crippen LogP) is 0.534. The molecule has 2 aliphatic heterocycles. The van der Waals surface area contributed by atoms with Crippen LogP contribution in [0, 0.1) is 5.92 Å². The van der Waals surface area contributed by atoms with Crippen molar-refractivity contribution in [2.24, 2.45) is 10.9 Å². The Balaban J connectivity index is 1.66. The summed E-state index contributed by atoms with van der Waals surface area (Å²) in [6, 6.07) is 0.509. The standard InChI is InChI=1S/C20H42N6O/c1-6-24-7-9-26(10-8-24)18(4)13-22-20(21-5)23-14-19-16-25(11-12-27-19)15-17(2)3/h17-19H,6-16H2,1-5H3,(H2,21,22,23). The number of hydrogen-bond acceptors (Lipinski definition) is 5. The van der Waals surface area contributed by atoms with Gasteiger partial charge in [0.05, 0.1) is 12.7 Å². The number of ether oxygens (including phenoxy) is 1. The smallest absolute Gasteiger partial charge is 0.191 e. The number of piperazine rings is 1. The first-order valence-corrected chi connectivity index (χ1v) is 10.8. The predicted molar refractivity (Wildman–Crippen MR) is 114 cm³/mol. The highest BCUT2D eigenvalue weighted by atomic mass is 16.5. The van der Waals surface area contributed by atoms with Crippen molar-refractivity contribution in [3.63, 3.8) is 0 Å². The van der Waals surface area contributed by atoms with Crippen molar-refractivity contribution >= 4 is 5.96 Å². The van der Waals surface area contributed by atoms with Gasteiger partial charge in [0.2, 0.25) is 0 Å². The average Bonchev–Trinajstić information content (AvgIpc) is 2.67. The van der Waals surface area contributed by atoms with Crippen LogP contribution < -0.4 is 10.6 Å². The molecule has 0 spiro atoms. The van der Waals surface area contributed by atoms with Crippen LogP contribution in [0.5, 0.6) is 0 Å². The number of aliphatic imine (C=N–C) groups is 1. The minimum absolute atomic E-state index is 0.232. The van der Waals surface area contributed by atoms with E-state index in [-0.39, 0.29) is 6.10 Å². The Morgan fingerprint density at radius 2 is 1.81 bits per heavy atom. The Bertz CT molecular complexity index is 436. The SMILES string of the molecule is CCN1CCN(C(C)CNC(=NC)NCC2CN(CC(C)C)CCO2)CC1. The number of hydrogen-bond donors (Lipinski definition) is 2. The van der Waals surface area contributed by atoms with Crippen molar-refractivity contribution in [1.29, 1.82) is 0 Å². The molecule has 0 aromatic carbocycles. The van der Waals surface area contributed by atoms with Crippen LogP contribution >= 0.6 is 0 Å². The van der Waals surface area contributed by atoms with E-state index in [2.05, 4.69) is 58.0 Å². The van der Waals surface area contributed by atoms with E-state index < -0.39 is 0 Å². The maximum atomic E-state index is 5.93. The minimum atomic E-state index is 0.232. The van der Waals surface area contributed by atoms with Crippen LogP contribution in [0.15, 0.2) is 4.99 Å². The molecule has 2 saturated heterocycles. The Morgan fingerprint density at radius 1 is 1.07 bits per heavy atom. The van der Waals surface area contributed by atoms with Crippen LogP contribution in [0.3, 0.4) is 0 Å². The summed E-state index contributed by atoms with van der Waals surface area (Å²) in [5.41, 5.74) is 0. The monoisotopic (exact) mass is 382 g/mol. The number of likely N-dealkylation sites (N-methyl/N-ethyl adjacent to an activating group) is 1. The lowest BCUT2D eigenvalue weighted by molar-refractivity contribution is -0.0284. The molecule has 2 fully saturated rings. The zero-order valence-electron chi connectivity index (χ0n) is 18.2. The van der Waals surface area contributed by atoms with E-state index >= 15 is 0 Å². The van der Waals surface area contributed by atoms with Gasteiger partial charge in [0.15, 0.2) is 5.96 Å². The van der Waals surface area contributed by atoms with Gasteiger partial charge in [-0.15, -0.1) is 0 Å². The molecule has 7 nitrogen and oxygen atoms in total. The van der Waals surface area contributed by atoms with Gasteiger partial charge in [-0.3, -0.25) is 14.8 Å². The molecule has 2 N–H and O–H groups in total. The summed E-state index contributed by atoms with van der Waals surface area (Å²) in [6.45, 7) is 20.7. The van der Waals surface area contributed by atoms with Crippen molar-refractivity contribution in [3.05, 3.63) is 0 Å². The highest BCUT2D eigenvalue weighted by Gasteiger charge is 2.22. The maximum Gasteiger partial charge on any atom is 0.191 e. The molecule has 27 heavy (non-hydrogen) atoms. The van der Waals surface area contributed by atoms with E-state index in [1.54, 1.807) is 0 Å². The number of rotatable bonds is 8. The summed E-state index contributed by atoms with van der Waals surface area (Å²) < 4.78 is 5.93. The molecule has 7 heteroatoms. The molecule has 2 rings (SSSR count). The quantitative estimate of drug-likeness (QED) is 0.472. The summed E-state index contributed by atoms with van der Waals surface area (Å²) in [7, 11) is 1.84. The van der Waals surface area contributed by atoms with Crippen molar-refractivity contribution in [1.82, 2.24) is 25.3 Å². The zero-order chi connectivity index (χ0) is 19.6. The van der Waals surface area contributed by atoms with Gasteiger partial charge in [0.25, 0.3) is 0 Å². The molecule has 0 aliphatic carbocycles. The lowest BCUT2D eigenvalue weighted by Crippen LogP contribution is -2.54. The van der Waals surface area contributed by atoms with Crippen LogP contribution in [0.2, 0.25) is 0 Å². The van der Waals surface area contributed by atoms with Crippen LogP contribution in [0.1, 0.15) is 27.7 Å². The minimum Gasteiger partial charge on any atom is -0.374 e. The second-order valence-corrected chi connectivity index (χ2v) is 8.30.